The maximum absolute atomic E-state index is 12.6. The van der Waals surface area contributed by atoms with Gasteiger partial charge in [0.2, 0.25) is 0 Å². The number of phenols is 1. The third-order valence-electron chi connectivity index (χ3n) is 2.21. The number of sulfone groups is 1. The van der Waals surface area contributed by atoms with Crippen LogP contribution >= 0.6 is 34.4 Å². The number of nitriles is 1. The zero-order valence-corrected chi connectivity index (χ0v) is 14.4. The Kier molecular flexibility index (Phi) is 5.93. The molecule has 22 heavy (non-hydrogen) atoms. The Bertz CT molecular complexity index is 757. The lowest BCUT2D eigenvalue weighted by atomic mass is 10.3. The zero-order valence-electron chi connectivity index (χ0n) is 10.6. The van der Waals surface area contributed by atoms with Crippen molar-refractivity contribution in [2.45, 2.75) is 10.4 Å². The number of alkyl halides is 3. The number of hydrogen-bond acceptors (Lipinski definition) is 6. The summed E-state index contributed by atoms with van der Waals surface area (Å²) in [6.45, 7) is 0. The van der Waals surface area contributed by atoms with Crippen LogP contribution in [0.15, 0.2) is 22.0 Å². The number of rotatable bonds is 2. The molecule has 0 atom stereocenters. The van der Waals surface area contributed by atoms with Crippen LogP contribution < -0.4 is 5.32 Å². The largest absolute Gasteiger partial charge is 0.505 e. The van der Waals surface area contributed by atoms with Crippen LogP contribution in [0.4, 0.5) is 18.9 Å². The molecule has 1 aromatic rings. The van der Waals surface area contributed by atoms with E-state index in [0.717, 1.165) is 11.8 Å². The minimum Gasteiger partial charge on any atom is -0.505 e. The minimum atomic E-state index is -5.57. The third kappa shape index (κ3) is 3.96. The number of thioether (sulfide) groups is 1. The molecule has 6 nitrogen and oxygen atoms in total. The number of aromatic hydroxyl groups is 1. The highest BCUT2D eigenvalue weighted by Gasteiger charge is 2.47. The topological polar surface area (TPSA) is 103 Å². The first kappa shape index (κ1) is 18.8. The van der Waals surface area contributed by atoms with Gasteiger partial charge < -0.3 is 5.11 Å². The maximum Gasteiger partial charge on any atom is 0.501 e. The van der Waals surface area contributed by atoms with Gasteiger partial charge in [-0.3, -0.25) is 5.32 Å². The Morgan fingerprint density at radius 3 is 2.55 bits per heavy atom. The molecule has 0 aromatic heterocycles. The van der Waals surface area contributed by atoms with Crippen LogP contribution in [0.25, 0.3) is 0 Å². The molecule has 0 spiro atoms. The van der Waals surface area contributed by atoms with E-state index >= 15 is 0 Å². The summed E-state index contributed by atoms with van der Waals surface area (Å²) >= 11 is 2.43. The molecule has 0 bridgehead atoms. The second kappa shape index (κ2) is 6.92. The van der Waals surface area contributed by atoms with Crippen molar-refractivity contribution < 1.29 is 26.7 Å². The summed E-state index contributed by atoms with van der Waals surface area (Å²) < 4.78 is 60.5. The van der Waals surface area contributed by atoms with Crippen molar-refractivity contribution in [1.82, 2.24) is 5.32 Å². The highest BCUT2D eigenvalue weighted by Crippen LogP contribution is 2.38. The molecule has 0 amide bonds. The van der Waals surface area contributed by atoms with Crippen LogP contribution in [0.5, 0.6) is 5.75 Å². The van der Waals surface area contributed by atoms with E-state index in [4.69, 9.17) is 5.26 Å². The first-order chi connectivity index (χ1) is 10.0. The van der Waals surface area contributed by atoms with Gasteiger partial charge in [0.05, 0.1) is 8.47 Å². The fraction of sp³-hybridized carbons (Fsp3) is 0.200. The quantitative estimate of drug-likeness (QED) is 0.229. The first-order valence-electron chi connectivity index (χ1n) is 5.16. The number of aliphatic imine (C=N–C) groups is 1. The molecule has 12 heteroatoms. The van der Waals surface area contributed by atoms with Gasteiger partial charge in [-0.1, -0.05) is 11.8 Å². The van der Waals surface area contributed by atoms with Crippen LogP contribution in [0.1, 0.15) is 0 Å². The van der Waals surface area contributed by atoms with Crippen molar-refractivity contribution in [2.24, 2.45) is 4.99 Å². The second-order valence-electron chi connectivity index (χ2n) is 3.58. The molecule has 0 radical (unpaired) electrons. The van der Waals surface area contributed by atoms with E-state index in [1.54, 1.807) is 6.19 Å². The molecule has 0 aliphatic rings. The van der Waals surface area contributed by atoms with Gasteiger partial charge >= 0.3 is 5.51 Å². The number of nitrogens with zero attached hydrogens (tertiary/aromatic N) is 2. The third-order valence-corrected chi connectivity index (χ3v) is 5.08. The SMILES string of the molecule is CSC(=Nc1cc(S(=O)(=O)C(F)(F)F)cc(I)c1O)NC#N. The summed E-state index contributed by atoms with van der Waals surface area (Å²) in [5.74, 6) is -0.493. The van der Waals surface area contributed by atoms with Gasteiger partial charge in [0, 0.05) is 0 Å². The molecule has 0 aliphatic carbocycles. The monoisotopic (exact) mass is 465 g/mol. The fourth-order valence-corrected chi connectivity index (χ4v) is 3.18. The minimum absolute atomic E-state index is 0.0184. The van der Waals surface area contributed by atoms with Crippen LogP contribution in [-0.2, 0) is 9.84 Å². The smallest absolute Gasteiger partial charge is 0.501 e. The lowest BCUT2D eigenvalue weighted by molar-refractivity contribution is -0.0436. The molecule has 1 aromatic carbocycles. The van der Waals surface area contributed by atoms with Crippen molar-refractivity contribution in [3.8, 4) is 11.9 Å². The predicted molar refractivity (Wildman–Crippen MR) is 83.4 cm³/mol. The second-order valence-corrected chi connectivity index (χ2v) is 7.48. The average molecular weight is 465 g/mol. The standard InChI is InChI=1S/C10H7F3IN3O3S2/c1-21-9(16-4-15)17-7-3-5(2-6(14)8(7)18)22(19,20)10(11,12)13/h2-3,18H,1H3,(H,16,17). The Balaban J connectivity index is 3.55. The molecule has 0 saturated carbocycles. The van der Waals surface area contributed by atoms with Crippen LogP contribution in [0.2, 0.25) is 0 Å². The van der Waals surface area contributed by atoms with Crippen LogP contribution in [0.3, 0.4) is 0 Å². The summed E-state index contributed by atoms with van der Waals surface area (Å²) in [4.78, 5) is 2.70. The van der Waals surface area contributed by atoms with Crippen molar-refractivity contribution >= 4 is 55.0 Å². The Hall–Kier alpha value is -1.20. The molecule has 0 aliphatic heterocycles. The summed E-state index contributed by atoms with van der Waals surface area (Å²) in [7, 11) is -5.57. The van der Waals surface area contributed by atoms with E-state index in [1.807, 2.05) is 0 Å². The van der Waals surface area contributed by atoms with Gasteiger partial charge in [-0.15, -0.1) is 0 Å². The first-order valence-corrected chi connectivity index (χ1v) is 8.95. The van der Waals surface area contributed by atoms with Gasteiger partial charge in [0.15, 0.2) is 17.1 Å². The normalized spacial score (nSPS) is 12.8. The summed E-state index contributed by atoms with van der Waals surface area (Å²) in [6.07, 6.45) is 3.09. The Labute approximate surface area is 141 Å². The summed E-state index contributed by atoms with van der Waals surface area (Å²) in [5, 5.41) is 20.4. The predicted octanol–water partition coefficient (Wildman–Crippen LogP) is 2.71. The molecule has 0 heterocycles. The Morgan fingerprint density at radius 1 is 1.50 bits per heavy atom. The van der Waals surface area contributed by atoms with Crippen molar-refractivity contribution in [3.63, 3.8) is 0 Å². The van der Waals surface area contributed by atoms with E-state index < -0.39 is 31.7 Å². The molecule has 2 N–H and O–H groups in total. The summed E-state index contributed by atoms with van der Waals surface area (Å²) in [6, 6.07) is 1.28. The zero-order chi connectivity index (χ0) is 17.1. The molecule has 120 valence electrons. The number of phenolic OH excluding ortho intramolecular Hbond substituents is 1. The van der Waals surface area contributed by atoms with Gasteiger partial charge in [0.25, 0.3) is 9.84 Å². The van der Waals surface area contributed by atoms with E-state index in [-0.39, 0.29) is 8.74 Å². The van der Waals surface area contributed by atoms with Crippen LogP contribution in [-0.4, -0.2) is 30.5 Å². The number of nitrogens with one attached hydrogen (secondary N) is 1. The van der Waals surface area contributed by atoms with Crippen molar-refractivity contribution in [1.29, 1.82) is 5.26 Å². The summed E-state index contributed by atoms with van der Waals surface area (Å²) in [5.41, 5.74) is -5.87. The fourth-order valence-electron chi connectivity index (χ4n) is 1.22. The number of benzene rings is 1. The molecule has 0 saturated heterocycles. The Morgan fingerprint density at radius 2 is 2.09 bits per heavy atom. The van der Waals surface area contributed by atoms with E-state index in [0.29, 0.717) is 12.1 Å². The lowest BCUT2D eigenvalue weighted by Gasteiger charge is -2.11. The van der Waals surface area contributed by atoms with Gasteiger partial charge in [-0.25, -0.2) is 13.4 Å². The van der Waals surface area contributed by atoms with Crippen molar-refractivity contribution in [3.05, 3.63) is 15.7 Å². The van der Waals surface area contributed by atoms with E-state index in [2.05, 4.69) is 10.3 Å². The maximum atomic E-state index is 12.6. The average Bonchev–Trinajstić information content (AvgIpc) is 2.41. The molecule has 0 unspecified atom stereocenters. The van der Waals surface area contributed by atoms with E-state index in [1.165, 1.54) is 28.8 Å². The molecule has 0 fully saturated rings. The number of amidine groups is 1. The molecule has 1 rings (SSSR count). The van der Waals surface area contributed by atoms with Gasteiger partial charge in [0.1, 0.15) is 5.69 Å². The van der Waals surface area contributed by atoms with Crippen molar-refractivity contribution in [2.75, 3.05) is 6.26 Å². The highest BCUT2D eigenvalue weighted by atomic mass is 127. The highest BCUT2D eigenvalue weighted by molar-refractivity contribution is 14.1. The van der Waals surface area contributed by atoms with Gasteiger partial charge in [-0.05, 0) is 41.0 Å². The number of halogens is 4. The van der Waals surface area contributed by atoms with Crippen LogP contribution in [0, 0.1) is 15.0 Å². The van der Waals surface area contributed by atoms with E-state index in [9.17, 15) is 26.7 Å². The molecular weight excluding hydrogens is 458 g/mol. The number of hydrogen-bond donors (Lipinski definition) is 2. The lowest BCUT2D eigenvalue weighted by Crippen LogP contribution is -2.23. The van der Waals surface area contributed by atoms with Gasteiger partial charge in [-0.2, -0.15) is 18.4 Å². The molecular formula is C10H7F3IN3O3S2.